The largest absolute Gasteiger partial charge is 0.466 e. The van der Waals surface area contributed by atoms with Gasteiger partial charge in [0.15, 0.2) is 5.72 Å². The summed E-state index contributed by atoms with van der Waals surface area (Å²) in [5.41, 5.74) is 2.71. The Labute approximate surface area is 128 Å². The van der Waals surface area contributed by atoms with Gasteiger partial charge in [-0.15, -0.1) is 0 Å². The zero-order chi connectivity index (χ0) is 15.0. The Kier molecular flexibility index (Phi) is 3.37. The van der Waals surface area contributed by atoms with E-state index in [4.69, 9.17) is 4.74 Å². The summed E-state index contributed by atoms with van der Waals surface area (Å²) in [4.78, 5) is 4.64. The Morgan fingerprint density at radius 2 is 1.86 bits per heavy atom. The van der Waals surface area contributed by atoms with Crippen LogP contribution in [0.5, 0.6) is 5.75 Å². The van der Waals surface area contributed by atoms with Gasteiger partial charge in [-0.05, 0) is 50.2 Å². The highest BCUT2D eigenvalue weighted by Gasteiger charge is 2.28. The minimum atomic E-state index is -0.675. The highest BCUT2D eigenvalue weighted by Crippen LogP contribution is 2.34. The number of halogens is 1. The van der Waals surface area contributed by atoms with Crippen LogP contribution < -0.4 is 9.46 Å². The number of thiol groups is 1. The molecule has 0 atom stereocenters. The molecule has 0 amide bonds. The molecule has 1 N–H and O–H groups in total. The molecule has 5 heteroatoms. The van der Waals surface area contributed by atoms with E-state index in [2.05, 4.69) is 22.5 Å². The van der Waals surface area contributed by atoms with Gasteiger partial charge in [0, 0.05) is 22.9 Å². The molecule has 0 aromatic heterocycles. The number of hydrogen-bond acceptors (Lipinski definition) is 4. The number of anilines is 1. The Balaban J connectivity index is 2.15. The molecule has 3 rings (SSSR count). The van der Waals surface area contributed by atoms with E-state index in [1.165, 1.54) is 12.1 Å². The third kappa shape index (κ3) is 2.74. The van der Waals surface area contributed by atoms with Crippen molar-refractivity contribution in [2.24, 2.45) is 4.99 Å². The van der Waals surface area contributed by atoms with E-state index in [9.17, 15) is 4.39 Å². The maximum atomic E-state index is 13.1. The summed E-state index contributed by atoms with van der Waals surface area (Å²) in [5, 5.41) is 0. The SMILES string of the molecule is CC1(C)N=C(c2ccc(F)cc2)c2ccc(NS)cc2O1. The van der Waals surface area contributed by atoms with Crippen molar-refractivity contribution >= 4 is 24.2 Å². The van der Waals surface area contributed by atoms with Crippen LogP contribution in [0.1, 0.15) is 25.0 Å². The maximum absolute atomic E-state index is 13.1. The van der Waals surface area contributed by atoms with Crippen LogP contribution in [0.2, 0.25) is 0 Å². The van der Waals surface area contributed by atoms with E-state index >= 15 is 0 Å². The molecule has 3 nitrogen and oxygen atoms in total. The van der Waals surface area contributed by atoms with Gasteiger partial charge >= 0.3 is 0 Å². The van der Waals surface area contributed by atoms with Crippen LogP contribution in [-0.2, 0) is 0 Å². The van der Waals surface area contributed by atoms with Crippen LogP contribution in [0.3, 0.4) is 0 Å². The monoisotopic (exact) mass is 302 g/mol. The molecule has 1 aliphatic heterocycles. The van der Waals surface area contributed by atoms with Crippen LogP contribution in [0, 0.1) is 5.82 Å². The fourth-order valence-corrected chi connectivity index (χ4v) is 2.46. The van der Waals surface area contributed by atoms with Crippen LogP contribution in [-0.4, -0.2) is 11.4 Å². The highest BCUT2D eigenvalue weighted by molar-refractivity contribution is 7.81. The van der Waals surface area contributed by atoms with Crippen molar-refractivity contribution < 1.29 is 9.13 Å². The van der Waals surface area contributed by atoms with Crippen LogP contribution in [0.4, 0.5) is 10.1 Å². The zero-order valence-corrected chi connectivity index (χ0v) is 12.6. The van der Waals surface area contributed by atoms with E-state index < -0.39 is 5.72 Å². The number of benzene rings is 2. The average Bonchev–Trinajstić information content (AvgIpc) is 2.45. The molecule has 0 spiro atoms. The standard InChI is InChI=1S/C16H15FN2OS/c1-16(2)18-15(10-3-5-11(17)6-4-10)13-8-7-12(19-21)9-14(13)20-16/h3-9,19,21H,1-2H3. The van der Waals surface area contributed by atoms with Crippen molar-refractivity contribution in [1.29, 1.82) is 0 Å². The summed E-state index contributed by atoms with van der Waals surface area (Å²) < 4.78 is 21.8. The lowest BCUT2D eigenvalue weighted by Crippen LogP contribution is -2.32. The summed E-state index contributed by atoms with van der Waals surface area (Å²) in [5.74, 6) is 0.467. The van der Waals surface area contributed by atoms with E-state index in [-0.39, 0.29) is 5.82 Å². The smallest absolute Gasteiger partial charge is 0.195 e. The predicted molar refractivity (Wildman–Crippen MR) is 85.8 cm³/mol. The van der Waals surface area contributed by atoms with Crippen molar-refractivity contribution in [2.45, 2.75) is 19.6 Å². The normalized spacial score (nSPS) is 15.7. The second-order valence-corrected chi connectivity index (χ2v) is 5.56. The van der Waals surface area contributed by atoms with Gasteiger partial charge in [-0.2, -0.15) is 0 Å². The molecule has 0 bridgehead atoms. The minimum Gasteiger partial charge on any atom is -0.466 e. The minimum absolute atomic E-state index is 0.263. The second-order valence-electron chi connectivity index (χ2n) is 5.34. The van der Waals surface area contributed by atoms with Crippen molar-refractivity contribution in [1.82, 2.24) is 0 Å². The summed E-state index contributed by atoms with van der Waals surface area (Å²) in [6, 6.07) is 12.0. The lowest BCUT2D eigenvalue weighted by Gasteiger charge is -2.30. The van der Waals surface area contributed by atoms with E-state index in [1.54, 1.807) is 12.1 Å². The van der Waals surface area contributed by atoms with E-state index in [1.807, 2.05) is 32.0 Å². The lowest BCUT2D eigenvalue weighted by atomic mass is 9.98. The molecule has 0 fully saturated rings. The number of nitrogens with one attached hydrogen (secondary N) is 1. The molecule has 0 saturated carbocycles. The fourth-order valence-electron chi connectivity index (χ4n) is 2.32. The van der Waals surface area contributed by atoms with Gasteiger partial charge < -0.3 is 9.46 Å². The summed E-state index contributed by atoms with van der Waals surface area (Å²) in [7, 11) is 0. The fraction of sp³-hybridized carbons (Fsp3) is 0.188. The third-order valence-electron chi connectivity index (χ3n) is 3.22. The summed E-state index contributed by atoms with van der Waals surface area (Å²) >= 11 is 4.05. The topological polar surface area (TPSA) is 33.6 Å². The van der Waals surface area contributed by atoms with Crippen molar-refractivity contribution in [3.05, 3.63) is 59.4 Å². The Morgan fingerprint density at radius 3 is 2.52 bits per heavy atom. The molecular formula is C16H15FN2OS. The number of hydrogen-bond donors (Lipinski definition) is 2. The molecule has 0 unspecified atom stereocenters. The summed E-state index contributed by atoms with van der Waals surface area (Å²) in [6.45, 7) is 3.78. The Bertz CT molecular complexity index is 711. The number of aliphatic imine (C=N–C) groups is 1. The van der Waals surface area contributed by atoms with Gasteiger partial charge in [-0.3, -0.25) is 0 Å². The highest BCUT2D eigenvalue weighted by atomic mass is 32.1. The zero-order valence-electron chi connectivity index (χ0n) is 11.7. The van der Waals surface area contributed by atoms with Gasteiger partial charge in [0.25, 0.3) is 0 Å². The van der Waals surface area contributed by atoms with Crippen molar-refractivity contribution in [3.8, 4) is 5.75 Å². The first kappa shape index (κ1) is 13.9. The van der Waals surface area contributed by atoms with Gasteiger partial charge in [0.1, 0.15) is 11.6 Å². The van der Waals surface area contributed by atoms with Crippen LogP contribution >= 0.6 is 12.8 Å². The molecule has 2 aromatic carbocycles. The maximum Gasteiger partial charge on any atom is 0.195 e. The number of nitrogens with zero attached hydrogens (tertiary/aromatic N) is 1. The quantitative estimate of drug-likeness (QED) is 0.821. The van der Waals surface area contributed by atoms with Crippen molar-refractivity contribution in [2.75, 3.05) is 4.72 Å². The lowest BCUT2D eigenvalue weighted by molar-refractivity contribution is 0.115. The second kappa shape index (κ2) is 5.07. The molecule has 0 saturated heterocycles. The van der Waals surface area contributed by atoms with Gasteiger partial charge in [0.2, 0.25) is 0 Å². The molecule has 108 valence electrons. The number of ether oxygens (including phenoxy) is 1. The molecule has 1 aliphatic rings. The molecule has 1 heterocycles. The van der Waals surface area contributed by atoms with Crippen molar-refractivity contribution in [3.63, 3.8) is 0 Å². The molecule has 21 heavy (non-hydrogen) atoms. The van der Waals surface area contributed by atoms with Gasteiger partial charge in [0.05, 0.1) is 5.71 Å². The number of rotatable bonds is 2. The Hall–Kier alpha value is -2.01. The van der Waals surface area contributed by atoms with Gasteiger partial charge in [-0.1, -0.05) is 12.8 Å². The molecular weight excluding hydrogens is 287 g/mol. The molecule has 0 aliphatic carbocycles. The summed E-state index contributed by atoms with van der Waals surface area (Å²) in [6.07, 6.45) is 0. The van der Waals surface area contributed by atoms with E-state index in [0.29, 0.717) is 0 Å². The molecule has 2 aromatic rings. The first-order valence-corrected chi connectivity index (χ1v) is 7.02. The first-order valence-electron chi connectivity index (χ1n) is 6.58. The Morgan fingerprint density at radius 1 is 1.14 bits per heavy atom. The van der Waals surface area contributed by atoms with Crippen LogP contribution in [0.25, 0.3) is 0 Å². The molecule has 0 radical (unpaired) electrons. The van der Waals surface area contributed by atoms with Crippen LogP contribution in [0.15, 0.2) is 47.5 Å². The third-order valence-corrected chi connectivity index (χ3v) is 3.48. The average molecular weight is 302 g/mol. The predicted octanol–water partition coefficient (Wildman–Crippen LogP) is 4.05. The number of fused-ring (bicyclic) bond motifs is 1. The van der Waals surface area contributed by atoms with E-state index in [0.717, 1.165) is 28.3 Å². The van der Waals surface area contributed by atoms with Gasteiger partial charge in [-0.25, -0.2) is 9.38 Å². The first-order chi connectivity index (χ1) is 9.98.